The Kier molecular flexibility index (Phi) is 13.4. The van der Waals surface area contributed by atoms with Crippen LogP contribution in [0.25, 0.3) is 0 Å². The Morgan fingerprint density at radius 3 is 1.38 bits per heavy atom. The SMILES string of the molecule is C.C.CC(C)(C)c1ccncn1.CC(C)(C)c1cncnc1.CC(C)(C)c1ncccn1. The van der Waals surface area contributed by atoms with E-state index in [-0.39, 0.29) is 31.1 Å². The molecule has 0 saturated heterocycles. The van der Waals surface area contributed by atoms with Gasteiger partial charge >= 0.3 is 0 Å². The van der Waals surface area contributed by atoms with Crippen LogP contribution in [0.1, 0.15) is 94.2 Å². The summed E-state index contributed by atoms with van der Waals surface area (Å²) in [6.07, 6.45) is 12.2. The van der Waals surface area contributed by atoms with Crippen molar-refractivity contribution in [3.05, 3.63) is 72.9 Å². The van der Waals surface area contributed by atoms with Crippen molar-refractivity contribution in [2.24, 2.45) is 0 Å². The lowest BCUT2D eigenvalue weighted by molar-refractivity contribution is 0.545. The summed E-state index contributed by atoms with van der Waals surface area (Å²) in [5, 5.41) is 0. The Labute approximate surface area is 196 Å². The van der Waals surface area contributed by atoms with Gasteiger partial charge in [-0.15, -0.1) is 0 Å². The average molecular weight is 441 g/mol. The van der Waals surface area contributed by atoms with Gasteiger partial charge in [-0.2, -0.15) is 0 Å². The quantitative estimate of drug-likeness (QED) is 0.392. The van der Waals surface area contributed by atoms with E-state index in [9.17, 15) is 0 Å². The fraction of sp³-hybridized carbons (Fsp3) is 0.538. The number of rotatable bonds is 0. The minimum Gasteiger partial charge on any atom is -0.245 e. The van der Waals surface area contributed by atoms with Gasteiger partial charge in [0.1, 0.15) is 18.5 Å². The van der Waals surface area contributed by atoms with Crippen molar-refractivity contribution in [3.63, 3.8) is 0 Å². The molecular formula is C26H44N6. The average Bonchev–Trinajstić information content (AvgIpc) is 2.69. The summed E-state index contributed by atoms with van der Waals surface area (Å²) < 4.78 is 0. The van der Waals surface area contributed by atoms with Gasteiger partial charge in [-0.05, 0) is 23.1 Å². The summed E-state index contributed by atoms with van der Waals surface area (Å²) in [5.74, 6) is 0.898. The molecule has 0 spiro atoms. The van der Waals surface area contributed by atoms with E-state index in [0.29, 0.717) is 0 Å². The Balaban J connectivity index is 0. The first-order chi connectivity index (χ1) is 13.8. The third-order valence-corrected chi connectivity index (χ3v) is 4.01. The first-order valence-corrected chi connectivity index (χ1v) is 10.1. The summed E-state index contributed by atoms with van der Waals surface area (Å²) in [5.41, 5.74) is 2.64. The number of nitrogens with zero attached hydrogens (tertiary/aromatic N) is 6. The predicted octanol–water partition coefficient (Wildman–Crippen LogP) is 6.59. The first kappa shape index (κ1) is 31.4. The monoisotopic (exact) mass is 440 g/mol. The van der Waals surface area contributed by atoms with Gasteiger partial charge in [0.25, 0.3) is 0 Å². The fourth-order valence-electron chi connectivity index (χ4n) is 2.11. The Bertz CT molecular complexity index is 713. The topological polar surface area (TPSA) is 77.3 Å². The largest absolute Gasteiger partial charge is 0.245 e. The van der Waals surface area contributed by atoms with Crippen molar-refractivity contribution < 1.29 is 0 Å². The lowest BCUT2D eigenvalue weighted by Crippen LogP contribution is -2.14. The van der Waals surface area contributed by atoms with Crippen LogP contribution in [0.4, 0.5) is 0 Å². The first-order valence-electron chi connectivity index (χ1n) is 10.1. The molecule has 32 heavy (non-hydrogen) atoms. The molecular weight excluding hydrogens is 396 g/mol. The second kappa shape index (κ2) is 13.6. The molecule has 0 unspecified atom stereocenters. The zero-order chi connectivity index (χ0) is 22.8. The molecule has 6 heteroatoms. The highest BCUT2D eigenvalue weighted by Crippen LogP contribution is 2.19. The summed E-state index contributed by atoms with van der Waals surface area (Å²) in [7, 11) is 0. The minimum atomic E-state index is 0. The highest BCUT2D eigenvalue weighted by molar-refractivity contribution is 5.13. The molecule has 3 aromatic rings. The van der Waals surface area contributed by atoms with Gasteiger partial charge in [0.15, 0.2) is 0 Å². The molecule has 3 heterocycles. The Morgan fingerprint density at radius 1 is 0.562 bits per heavy atom. The van der Waals surface area contributed by atoms with Crippen LogP contribution in [0.15, 0.2) is 55.8 Å². The molecule has 0 radical (unpaired) electrons. The maximum Gasteiger partial charge on any atom is 0.133 e. The van der Waals surface area contributed by atoms with E-state index in [0.717, 1.165) is 11.5 Å². The molecule has 6 nitrogen and oxygen atoms in total. The van der Waals surface area contributed by atoms with E-state index >= 15 is 0 Å². The van der Waals surface area contributed by atoms with Crippen molar-refractivity contribution >= 4 is 0 Å². The summed E-state index contributed by atoms with van der Waals surface area (Å²) in [6.45, 7) is 19.1. The van der Waals surface area contributed by atoms with Crippen molar-refractivity contribution in [2.45, 2.75) is 93.4 Å². The van der Waals surface area contributed by atoms with E-state index < -0.39 is 0 Å². The molecule has 0 bridgehead atoms. The van der Waals surface area contributed by atoms with E-state index in [2.05, 4.69) is 92.2 Å². The molecule has 0 aromatic carbocycles. The maximum absolute atomic E-state index is 4.14. The number of hydrogen-bond acceptors (Lipinski definition) is 6. The molecule has 0 atom stereocenters. The van der Waals surface area contributed by atoms with Crippen LogP contribution in [-0.4, -0.2) is 29.9 Å². The lowest BCUT2D eigenvalue weighted by atomic mass is 9.89. The predicted molar refractivity (Wildman–Crippen MR) is 136 cm³/mol. The van der Waals surface area contributed by atoms with Crippen LogP contribution in [0.2, 0.25) is 0 Å². The molecule has 0 amide bonds. The van der Waals surface area contributed by atoms with Crippen LogP contribution in [-0.2, 0) is 16.2 Å². The van der Waals surface area contributed by atoms with Crippen molar-refractivity contribution in [3.8, 4) is 0 Å². The Morgan fingerprint density at radius 2 is 1.09 bits per heavy atom. The normalized spacial score (nSPS) is 10.8. The third kappa shape index (κ3) is 12.2. The van der Waals surface area contributed by atoms with Gasteiger partial charge in [0, 0.05) is 47.5 Å². The third-order valence-electron chi connectivity index (χ3n) is 4.01. The molecule has 0 fully saturated rings. The zero-order valence-electron chi connectivity index (χ0n) is 19.9. The molecule has 3 rings (SSSR count). The molecule has 3 aromatic heterocycles. The highest BCUT2D eigenvalue weighted by Gasteiger charge is 2.15. The van der Waals surface area contributed by atoms with Crippen molar-refractivity contribution in [2.75, 3.05) is 0 Å². The van der Waals surface area contributed by atoms with Gasteiger partial charge in [0.05, 0.1) is 0 Å². The van der Waals surface area contributed by atoms with Crippen molar-refractivity contribution in [1.82, 2.24) is 29.9 Å². The van der Waals surface area contributed by atoms with Gasteiger partial charge < -0.3 is 0 Å². The minimum absolute atomic E-state index is 0. The van der Waals surface area contributed by atoms with Crippen LogP contribution in [0.3, 0.4) is 0 Å². The second-order valence-corrected chi connectivity index (χ2v) is 10.0. The van der Waals surface area contributed by atoms with Crippen LogP contribution >= 0.6 is 0 Å². The summed E-state index contributed by atoms with van der Waals surface area (Å²) >= 11 is 0. The standard InChI is InChI=1S/3C8H12N2.2CH4/c1-8(2,3)7-4-9-6-10-5-7;1-8(2,3)7-4-5-9-6-10-7;1-8(2,3)7-9-5-4-6-10-7;;/h3*4-6H,1-3H3;2*1H4. The molecule has 0 N–H and O–H groups in total. The van der Waals surface area contributed by atoms with Crippen LogP contribution in [0.5, 0.6) is 0 Å². The van der Waals surface area contributed by atoms with Gasteiger partial charge in [-0.1, -0.05) is 77.2 Å². The van der Waals surface area contributed by atoms with Gasteiger partial charge in [0.2, 0.25) is 0 Å². The van der Waals surface area contributed by atoms with Gasteiger partial charge in [-0.3, -0.25) is 0 Å². The Hall–Kier alpha value is -2.76. The maximum atomic E-state index is 4.14. The molecule has 0 aliphatic carbocycles. The van der Waals surface area contributed by atoms with E-state index in [4.69, 9.17) is 0 Å². The fourth-order valence-corrected chi connectivity index (χ4v) is 2.11. The smallest absolute Gasteiger partial charge is 0.133 e. The highest BCUT2D eigenvalue weighted by atomic mass is 14.9. The van der Waals surface area contributed by atoms with Gasteiger partial charge in [-0.25, -0.2) is 29.9 Å². The number of hydrogen-bond donors (Lipinski definition) is 0. The number of aromatic nitrogens is 6. The van der Waals surface area contributed by atoms with Crippen LogP contribution < -0.4 is 0 Å². The van der Waals surface area contributed by atoms with Crippen LogP contribution in [0, 0.1) is 0 Å². The van der Waals surface area contributed by atoms with E-state index in [1.165, 1.54) is 5.56 Å². The summed E-state index contributed by atoms with van der Waals surface area (Å²) in [4.78, 5) is 24.1. The molecule has 0 aliphatic rings. The van der Waals surface area contributed by atoms with E-state index in [1.54, 1.807) is 31.2 Å². The zero-order valence-corrected chi connectivity index (χ0v) is 19.9. The molecule has 0 aliphatic heterocycles. The lowest BCUT2D eigenvalue weighted by Gasteiger charge is -2.16. The van der Waals surface area contributed by atoms with E-state index in [1.807, 2.05) is 24.5 Å². The molecule has 178 valence electrons. The second-order valence-electron chi connectivity index (χ2n) is 10.0. The van der Waals surface area contributed by atoms with Crippen molar-refractivity contribution in [1.29, 1.82) is 0 Å². The summed E-state index contributed by atoms with van der Waals surface area (Å²) in [6, 6.07) is 3.77. The molecule has 0 saturated carbocycles.